The summed E-state index contributed by atoms with van der Waals surface area (Å²) in [5.74, 6) is 1.09. The molecule has 1 rings (SSSR count). The average Bonchev–Trinajstić information content (AvgIpc) is 2.18. The molecule has 1 N–H and O–H groups in total. The van der Waals surface area contributed by atoms with Gasteiger partial charge in [-0.3, -0.25) is 0 Å². The molecule has 15 heavy (non-hydrogen) atoms. The second kappa shape index (κ2) is 6.13. The molecular weight excluding hydrogens is 204 g/mol. The molecule has 0 aliphatic carbocycles. The molecule has 3 heteroatoms. The molecular formula is C12H20N2S. The van der Waals surface area contributed by atoms with Gasteiger partial charge in [0.2, 0.25) is 0 Å². The van der Waals surface area contributed by atoms with Crippen LogP contribution in [0.2, 0.25) is 0 Å². The molecule has 84 valence electrons. The molecule has 0 amide bonds. The van der Waals surface area contributed by atoms with Crippen molar-refractivity contribution in [3.05, 3.63) is 23.4 Å². The van der Waals surface area contributed by atoms with Crippen molar-refractivity contribution in [1.82, 2.24) is 10.3 Å². The maximum absolute atomic E-state index is 4.51. The standard InChI is InChI=1S/C12H20N2S/c1-5-11(13-4)8-15-12-7-9(2)6-10(3)14-12/h6-7,11,13H,5,8H2,1-4H3. The van der Waals surface area contributed by atoms with Crippen LogP contribution in [-0.4, -0.2) is 23.8 Å². The Morgan fingerprint density at radius 3 is 2.67 bits per heavy atom. The minimum absolute atomic E-state index is 0.581. The first-order valence-corrected chi connectivity index (χ1v) is 6.39. The average molecular weight is 224 g/mol. The van der Waals surface area contributed by atoms with E-state index in [2.05, 4.69) is 36.3 Å². The van der Waals surface area contributed by atoms with E-state index in [9.17, 15) is 0 Å². The van der Waals surface area contributed by atoms with Gasteiger partial charge in [-0.15, -0.1) is 11.8 Å². The van der Waals surface area contributed by atoms with E-state index in [1.807, 2.05) is 25.7 Å². The number of nitrogens with zero attached hydrogens (tertiary/aromatic N) is 1. The molecule has 0 bridgehead atoms. The monoisotopic (exact) mass is 224 g/mol. The van der Waals surface area contributed by atoms with Gasteiger partial charge >= 0.3 is 0 Å². The third-order valence-corrected chi connectivity index (χ3v) is 3.48. The highest BCUT2D eigenvalue weighted by Crippen LogP contribution is 2.19. The van der Waals surface area contributed by atoms with Crippen molar-refractivity contribution < 1.29 is 0 Å². The van der Waals surface area contributed by atoms with Crippen LogP contribution >= 0.6 is 11.8 Å². The second-order valence-electron chi connectivity index (χ2n) is 3.83. The Morgan fingerprint density at radius 1 is 1.40 bits per heavy atom. The number of pyridine rings is 1. The minimum atomic E-state index is 0.581. The topological polar surface area (TPSA) is 24.9 Å². The van der Waals surface area contributed by atoms with Gasteiger partial charge in [-0.2, -0.15) is 0 Å². The number of nitrogens with one attached hydrogen (secondary N) is 1. The van der Waals surface area contributed by atoms with Crippen LogP contribution in [0.25, 0.3) is 0 Å². The smallest absolute Gasteiger partial charge is 0.0966 e. The lowest BCUT2D eigenvalue weighted by Crippen LogP contribution is -2.26. The molecule has 0 radical (unpaired) electrons. The van der Waals surface area contributed by atoms with Gasteiger partial charge in [0, 0.05) is 17.5 Å². The Morgan fingerprint density at radius 2 is 2.13 bits per heavy atom. The maximum atomic E-state index is 4.51. The van der Waals surface area contributed by atoms with E-state index in [-0.39, 0.29) is 0 Å². The van der Waals surface area contributed by atoms with E-state index in [1.54, 1.807) is 0 Å². The lowest BCUT2D eigenvalue weighted by atomic mass is 10.2. The number of thioether (sulfide) groups is 1. The number of rotatable bonds is 5. The van der Waals surface area contributed by atoms with E-state index in [1.165, 1.54) is 5.56 Å². The van der Waals surface area contributed by atoms with Gasteiger partial charge in [-0.1, -0.05) is 6.92 Å². The number of aromatic nitrogens is 1. The predicted octanol–water partition coefficient (Wildman–Crippen LogP) is 2.79. The molecule has 0 aliphatic heterocycles. The zero-order valence-corrected chi connectivity index (χ0v) is 10.8. The Kier molecular flexibility index (Phi) is 5.12. The van der Waals surface area contributed by atoms with Crippen molar-refractivity contribution in [2.45, 2.75) is 38.3 Å². The molecule has 0 fully saturated rings. The summed E-state index contributed by atoms with van der Waals surface area (Å²) in [6.45, 7) is 6.37. The highest BCUT2D eigenvalue weighted by Gasteiger charge is 2.05. The summed E-state index contributed by atoms with van der Waals surface area (Å²) in [7, 11) is 2.02. The molecule has 1 aromatic rings. The molecule has 2 nitrogen and oxygen atoms in total. The molecule has 0 spiro atoms. The van der Waals surface area contributed by atoms with Crippen molar-refractivity contribution >= 4 is 11.8 Å². The van der Waals surface area contributed by atoms with Gasteiger partial charge in [-0.05, 0) is 45.0 Å². The Hall–Kier alpha value is -0.540. The summed E-state index contributed by atoms with van der Waals surface area (Å²) in [4.78, 5) is 4.51. The second-order valence-corrected chi connectivity index (χ2v) is 4.87. The molecule has 1 unspecified atom stereocenters. The van der Waals surface area contributed by atoms with Crippen LogP contribution in [0.5, 0.6) is 0 Å². The highest BCUT2D eigenvalue weighted by atomic mass is 32.2. The summed E-state index contributed by atoms with van der Waals surface area (Å²) >= 11 is 1.83. The van der Waals surface area contributed by atoms with E-state index in [4.69, 9.17) is 0 Å². The molecule has 0 aromatic carbocycles. The number of hydrogen-bond donors (Lipinski definition) is 1. The van der Waals surface area contributed by atoms with Gasteiger partial charge in [0.05, 0.1) is 5.03 Å². The van der Waals surface area contributed by atoms with Crippen molar-refractivity contribution in [3.8, 4) is 0 Å². The highest BCUT2D eigenvalue weighted by molar-refractivity contribution is 7.99. The lowest BCUT2D eigenvalue weighted by molar-refractivity contribution is 0.601. The van der Waals surface area contributed by atoms with Crippen molar-refractivity contribution in [2.24, 2.45) is 0 Å². The summed E-state index contributed by atoms with van der Waals surface area (Å²) in [5.41, 5.74) is 2.40. The fourth-order valence-corrected chi connectivity index (χ4v) is 2.72. The van der Waals surface area contributed by atoms with Crippen LogP contribution in [0.15, 0.2) is 17.2 Å². The summed E-state index contributed by atoms with van der Waals surface area (Å²) in [6, 6.07) is 4.84. The molecule has 0 aliphatic rings. The number of aryl methyl sites for hydroxylation is 2. The summed E-state index contributed by atoms with van der Waals surface area (Å²) in [5, 5.41) is 4.44. The zero-order valence-electron chi connectivity index (χ0n) is 10.0. The first kappa shape index (κ1) is 12.5. The van der Waals surface area contributed by atoms with Gasteiger partial charge in [0.1, 0.15) is 0 Å². The molecule has 0 saturated carbocycles. The number of hydrogen-bond acceptors (Lipinski definition) is 3. The van der Waals surface area contributed by atoms with Crippen LogP contribution in [0.1, 0.15) is 24.6 Å². The minimum Gasteiger partial charge on any atom is -0.316 e. The SMILES string of the molecule is CCC(CSc1cc(C)cc(C)n1)NC. The normalized spacial score (nSPS) is 12.8. The van der Waals surface area contributed by atoms with E-state index in [0.29, 0.717) is 6.04 Å². The van der Waals surface area contributed by atoms with Crippen LogP contribution < -0.4 is 5.32 Å². The largest absolute Gasteiger partial charge is 0.316 e. The third kappa shape index (κ3) is 4.22. The molecule has 0 saturated heterocycles. The van der Waals surface area contributed by atoms with E-state index in [0.717, 1.165) is 22.9 Å². The van der Waals surface area contributed by atoms with Crippen LogP contribution in [0.4, 0.5) is 0 Å². The van der Waals surface area contributed by atoms with Crippen LogP contribution in [-0.2, 0) is 0 Å². The van der Waals surface area contributed by atoms with Gasteiger partial charge < -0.3 is 5.32 Å². The maximum Gasteiger partial charge on any atom is 0.0966 e. The van der Waals surface area contributed by atoms with Crippen molar-refractivity contribution in [1.29, 1.82) is 0 Å². The van der Waals surface area contributed by atoms with Crippen molar-refractivity contribution in [2.75, 3.05) is 12.8 Å². The fourth-order valence-electron chi connectivity index (χ4n) is 1.47. The lowest BCUT2D eigenvalue weighted by Gasteiger charge is -2.12. The van der Waals surface area contributed by atoms with Gasteiger partial charge in [-0.25, -0.2) is 4.98 Å². The van der Waals surface area contributed by atoms with E-state index >= 15 is 0 Å². The van der Waals surface area contributed by atoms with E-state index < -0.39 is 0 Å². The van der Waals surface area contributed by atoms with Gasteiger partial charge in [0.15, 0.2) is 0 Å². The summed E-state index contributed by atoms with van der Waals surface area (Å²) < 4.78 is 0. The zero-order chi connectivity index (χ0) is 11.3. The predicted molar refractivity (Wildman–Crippen MR) is 67.6 cm³/mol. The van der Waals surface area contributed by atoms with Gasteiger partial charge in [0.25, 0.3) is 0 Å². The summed E-state index contributed by atoms with van der Waals surface area (Å²) in [6.07, 6.45) is 1.16. The Bertz CT molecular complexity index is 288. The molecule has 1 atom stereocenters. The quantitative estimate of drug-likeness (QED) is 0.779. The first-order chi connectivity index (χ1) is 7.15. The molecule has 1 heterocycles. The van der Waals surface area contributed by atoms with Crippen LogP contribution in [0, 0.1) is 13.8 Å². The Balaban J connectivity index is 2.57. The van der Waals surface area contributed by atoms with Crippen LogP contribution in [0.3, 0.4) is 0 Å². The third-order valence-electron chi connectivity index (χ3n) is 2.41. The Labute approximate surface area is 96.9 Å². The molecule has 1 aromatic heterocycles. The fraction of sp³-hybridized carbons (Fsp3) is 0.583. The first-order valence-electron chi connectivity index (χ1n) is 5.41. The van der Waals surface area contributed by atoms with Crippen molar-refractivity contribution in [3.63, 3.8) is 0 Å².